The van der Waals surface area contributed by atoms with Crippen molar-refractivity contribution in [1.82, 2.24) is 10.2 Å². The van der Waals surface area contributed by atoms with Crippen molar-refractivity contribution in [3.05, 3.63) is 167 Å². The summed E-state index contributed by atoms with van der Waals surface area (Å²) in [4.78, 5) is 43.6. The Bertz CT molecular complexity index is 2170. The molecular weight excluding hydrogens is 705 g/mol. The van der Waals surface area contributed by atoms with Gasteiger partial charge in [0.05, 0.1) is 25.5 Å². The lowest BCUT2D eigenvalue weighted by Gasteiger charge is -2.47. The van der Waals surface area contributed by atoms with Crippen LogP contribution in [-0.4, -0.2) is 65.5 Å². The van der Waals surface area contributed by atoms with E-state index in [2.05, 4.69) is 44.7 Å². The van der Waals surface area contributed by atoms with Gasteiger partial charge < -0.3 is 35.0 Å². The van der Waals surface area contributed by atoms with E-state index in [1.165, 1.54) is 6.92 Å². The summed E-state index contributed by atoms with van der Waals surface area (Å²) in [7, 11) is 0. The maximum absolute atomic E-state index is 13.5. The van der Waals surface area contributed by atoms with E-state index in [1.807, 2.05) is 72.8 Å². The van der Waals surface area contributed by atoms with E-state index in [9.17, 15) is 19.5 Å². The zero-order valence-electron chi connectivity index (χ0n) is 31.3. The third kappa shape index (κ3) is 7.61. The number of amides is 2. The van der Waals surface area contributed by atoms with Crippen LogP contribution in [0.2, 0.25) is 0 Å². The molecule has 10 heteroatoms. The van der Waals surface area contributed by atoms with Crippen LogP contribution >= 0.6 is 0 Å². The molecule has 3 heterocycles. The van der Waals surface area contributed by atoms with E-state index in [4.69, 9.17) is 9.47 Å². The molecule has 2 amide bonds. The lowest BCUT2D eigenvalue weighted by Crippen LogP contribution is -2.57. The number of hydrogen-bond donors (Lipinski definition) is 3. The average Bonchev–Trinajstić information content (AvgIpc) is 3.56. The smallest absolute Gasteiger partial charge is 0.255 e. The molecule has 4 atom stereocenters. The van der Waals surface area contributed by atoms with Crippen molar-refractivity contribution in [1.29, 1.82) is 0 Å². The Labute approximate surface area is 327 Å². The monoisotopic (exact) mass is 750 g/mol. The van der Waals surface area contributed by atoms with Crippen LogP contribution in [0.3, 0.4) is 0 Å². The van der Waals surface area contributed by atoms with Crippen molar-refractivity contribution in [3.63, 3.8) is 0 Å². The van der Waals surface area contributed by atoms with Gasteiger partial charge in [-0.15, -0.1) is 0 Å². The fourth-order valence-electron chi connectivity index (χ4n) is 8.40. The van der Waals surface area contributed by atoms with Crippen molar-refractivity contribution in [2.45, 2.75) is 56.3 Å². The number of ether oxygens (including phenoxy) is 2. The number of ketones is 1. The third-order valence-corrected chi connectivity index (χ3v) is 11.4. The van der Waals surface area contributed by atoms with Gasteiger partial charge in [0.1, 0.15) is 5.54 Å². The molecular formula is C46H46N4O6. The van der Waals surface area contributed by atoms with Crippen LogP contribution in [0.4, 0.5) is 11.4 Å². The number of carbonyl (C=O) groups is 3. The number of rotatable bonds is 10. The molecule has 0 radical (unpaired) electrons. The van der Waals surface area contributed by atoms with Crippen molar-refractivity contribution in [2.24, 2.45) is 0 Å². The van der Waals surface area contributed by atoms with Crippen molar-refractivity contribution < 1.29 is 29.0 Å². The Morgan fingerprint density at radius 2 is 1.46 bits per heavy atom. The molecule has 3 N–H and O–H groups in total. The SMILES string of the molecule is CC(=O)c1cccc(NC(=O)c2cccc(C3O[C@H](CN4CCC5(CC4)C(=O)NCN5c4ccccc4)[C@@H](c4ccccc4)[C@H](c4ccc(CO)cc4)O3)c2)c1. The molecule has 5 aromatic rings. The molecule has 0 bridgehead atoms. The number of benzene rings is 5. The predicted molar refractivity (Wildman–Crippen MR) is 214 cm³/mol. The first-order chi connectivity index (χ1) is 27.3. The summed E-state index contributed by atoms with van der Waals surface area (Å²) in [5.41, 5.74) is 5.42. The maximum atomic E-state index is 13.5. The molecule has 0 aromatic heterocycles. The number of carbonyl (C=O) groups excluding carboxylic acids is 3. The first-order valence-electron chi connectivity index (χ1n) is 19.2. The molecule has 0 saturated carbocycles. The second kappa shape index (κ2) is 16.2. The maximum Gasteiger partial charge on any atom is 0.255 e. The molecule has 3 saturated heterocycles. The number of anilines is 2. The van der Waals surface area contributed by atoms with E-state index in [0.29, 0.717) is 61.5 Å². The van der Waals surface area contributed by atoms with Crippen LogP contribution in [0, 0.1) is 0 Å². The average molecular weight is 751 g/mol. The molecule has 56 heavy (non-hydrogen) atoms. The van der Waals surface area contributed by atoms with Crippen molar-refractivity contribution >= 4 is 29.0 Å². The topological polar surface area (TPSA) is 120 Å². The molecule has 5 aromatic carbocycles. The Kier molecular flexibility index (Phi) is 10.8. The van der Waals surface area contributed by atoms with Crippen LogP contribution in [0.25, 0.3) is 0 Å². The summed E-state index contributed by atoms with van der Waals surface area (Å²) in [5.74, 6) is -0.520. The highest BCUT2D eigenvalue weighted by Crippen LogP contribution is 2.47. The van der Waals surface area contributed by atoms with Gasteiger partial charge in [0.15, 0.2) is 12.1 Å². The fourth-order valence-corrected chi connectivity index (χ4v) is 8.40. The second-order valence-electron chi connectivity index (χ2n) is 14.9. The molecule has 10 nitrogen and oxygen atoms in total. The molecule has 8 rings (SSSR count). The van der Waals surface area contributed by atoms with E-state index in [0.717, 1.165) is 22.4 Å². The highest BCUT2D eigenvalue weighted by molar-refractivity contribution is 6.05. The van der Waals surface area contributed by atoms with Crippen molar-refractivity contribution in [3.8, 4) is 0 Å². The number of aliphatic hydroxyl groups is 1. The number of hydrogen-bond acceptors (Lipinski definition) is 8. The predicted octanol–water partition coefficient (Wildman–Crippen LogP) is 7.00. The van der Waals surface area contributed by atoms with Gasteiger partial charge in [-0.2, -0.15) is 0 Å². The zero-order valence-corrected chi connectivity index (χ0v) is 31.3. The quantitative estimate of drug-likeness (QED) is 0.131. The Hall–Kier alpha value is -5.65. The zero-order chi connectivity index (χ0) is 38.6. The number of nitrogens with zero attached hydrogens (tertiary/aromatic N) is 2. The number of aliphatic hydroxyl groups excluding tert-OH is 1. The number of para-hydroxylation sites is 1. The van der Waals surface area contributed by atoms with Crippen LogP contribution in [0.15, 0.2) is 133 Å². The summed E-state index contributed by atoms with van der Waals surface area (Å²) < 4.78 is 13.9. The summed E-state index contributed by atoms with van der Waals surface area (Å²) >= 11 is 0. The van der Waals surface area contributed by atoms with Crippen LogP contribution in [0.5, 0.6) is 0 Å². The summed E-state index contributed by atoms with van der Waals surface area (Å²) in [6.45, 7) is 3.93. The van der Waals surface area contributed by atoms with Crippen molar-refractivity contribution in [2.75, 3.05) is 36.5 Å². The van der Waals surface area contributed by atoms with Gasteiger partial charge in [0.2, 0.25) is 5.91 Å². The highest BCUT2D eigenvalue weighted by Gasteiger charge is 2.51. The van der Waals surface area contributed by atoms with Gasteiger partial charge in [-0.1, -0.05) is 97.1 Å². The van der Waals surface area contributed by atoms with E-state index in [1.54, 1.807) is 36.4 Å². The standard InChI is InChI=1S/C46H46N4O6/c1-31(52)35-12-9-15-38(27-35)48-43(53)36-13-8-14-37(26-36)44-55-40(41(33-10-4-2-5-11-33)42(56-44)34-20-18-32(29-51)19-21-34)28-49-24-22-46(23-25-49)45(54)47-30-50(46)39-16-6-3-7-17-39/h2-21,26-27,40-42,44,51H,22-25,28-30H2,1H3,(H,47,54)(H,48,53)/t40-,41-,42+,44?/m1/s1. The van der Waals surface area contributed by atoms with Gasteiger partial charge >= 0.3 is 0 Å². The lowest BCUT2D eigenvalue weighted by atomic mass is 9.82. The second-order valence-corrected chi connectivity index (χ2v) is 14.9. The molecule has 3 aliphatic rings. The third-order valence-electron chi connectivity index (χ3n) is 11.4. The van der Waals surface area contributed by atoms with Gasteiger partial charge in [-0.25, -0.2) is 0 Å². The van der Waals surface area contributed by atoms with Crippen LogP contribution in [-0.2, 0) is 20.9 Å². The number of piperidine rings is 1. The minimum absolute atomic E-state index is 0.0631. The van der Waals surface area contributed by atoms with Gasteiger partial charge in [-0.05, 0) is 72.9 Å². The summed E-state index contributed by atoms with van der Waals surface area (Å²) in [6.07, 6.45) is -0.209. The van der Waals surface area contributed by atoms with E-state index in [-0.39, 0.29) is 36.2 Å². The molecule has 0 aliphatic carbocycles. The normalized spacial score (nSPS) is 22.1. The minimum atomic E-state index is -0.804. The molecule has 286 valence electrons. The van der Waals surface area contributed by atoms with Gasteiger partial charge in [0, 0.05) is 53.6 Å². The molecule has 1 unspecified atom stereocenters. The first kappa shape index (κ1) is 37.3. The van der Waals surface area contributed by atoms with E-state index >= 15 is 0 Å². The summed E-state index contributed by atoms with van der Waals surface area (Å²) in [6, 6.07) is 42.4. The highest BCUT2D eigenvalue weighted by atomic mass is 16.7. The molecule has 3 fully saturated rings. The minimum Gasteiger partial charge on any atom is -0.392 e. The molecule has 3 aliphatic heterocycles. The summed E-state index contributed by atoms with van der Waals surface area (Å²) in [5, 5.41) is 15.9. The lowest BCUT2D eigenvalue weighted by molar-refractivity contribution is -0.264. The van der Waals surface area contributed by atoms with Crippen LogP contribution in [0.1, 0.15) is 81.0 Å². The van der Waals surface area contributed by atoms with Gasteiger partial charge in [-0.3, -0.25) is 14.4 Å². The number of Topliss-reactive ketones (excluding diaryl/α,β-unsaturated/α-hetero) is 1. The van der Waals surface area contributed by atoms with Gasteiger partial charge in [0.25, 0.3) is 5.91 Å². The first-order valence-corrected chi connectivity index (χ1v) is 19.2. The number of likely N-dealkylation sites (tertiary alicyclic amines) is 1. The van der Waals surface area contributed by atoms with E-state index < -0.39 is 17.9 Å². The Morgan fingerprint density at radius 3 is 2.18 bits per heavy atom. The Morgan fingerprint density at radius 1 is 0.786 bits per heavy atom. The largest absolute Gasteiger partial charge is 0.392 e. The van der Waals surface area contributed by atoms with Crippen LogP contribution < -0.4 is 15.5 Å². The Balaban J connectivity index is 1.09. The fraction of sp³-hybridized carbons (Fsp3) is 0.283. The number of nitrogens with one attached hydrogen (secondary N) is 2. The molecule has 1 spiro atoms.